The number of alkyl halides is 1. The molecule has 0 aromatic carbocycles. The summed E-state index contributed by atoms with van der Waals surface area (Å²) in [6, 6.07) is 0. The van der Waals surface area contributed by atoms with Gasteiger partial charge in [0.15, 0.2) is 0 Å². The second-order valence-electron chi connectivity index (χ2n) is 3.06. The van der Waals surface area contributed by atoms with E-state index in [1.807, 2.05) is 0 Å². The van der Waals surface area contributed by atoms with Crippen molar-refractivity contribution in [3.63, 3.8) is 0 Å². The standard InChI is InChI=1S/C9H21BrN/c1-4-11(5-2,6-3)9-7-8-10/h4-9H2,1-3H3/q+1. The summed E-state index contributed by atoms with van der Waals surface area (Å²) in [7, 11) is 0. The second kappa shape index (κ2) is 6.01. The molecule has 0 N–H and O–H groups in total. The van der Waals surface area contributed by atoms with Crippen LogP contribution in [-0.2, 0) is 0 Å². The molecule has 0 unspecified atom stereocenters. The molecule has 11 heavy (non-hydrogen) atoms. The Morgan fingerprint density at radius 1 is 1.00 bits per heavy atom. The first-order chi connectivity index (χ1) is 5.24. The minimum Gasteiger partial charge on any atom is -0.324 e. The molecule has 0 aromatic rings. The summed E-state index contributed by atoms with van der Waals surface area (Å²) in [6.45, 7) is 12.0. The Bertz CT molecular complexity index is 81.3. The Balaban J connectivity index is 3.84. The van der Waals surface area contributed by atoms with Crippen molar-refractivity contribution in [3.05, 3.63) is 0 Å². The summed E-state index contributed by atoms with van der Waals surface area (Å²) in [5.74, 6) is 0. The van der Waals surface area contributed by atoms with Crippen LogP contribution in [0.4, 0.5) is 0 Å². The van der Waals surface area contributed by atoms with E-state index in [-0.39, 0.29) is 0 Å². The fourth-order valence-electron chi connectivity index (χ4n) is 1.54. The van der Waals surface area contributed by atoms with Crippen LogP contribution in [0.2, 0.25) is 0 Å². The van der Waals surface area contributed by atoms with Gasteiger partial charge in [-0.1, -0.05) is 15.9 Å². The van der Waals surface area contributed by atoms with Crippen LogP contribution < -0.4 is 0 Å². The number of hydrogen-bond acceptors (Lipinski definition) is 0. The molecule has 0 aliphatic rings. The van der Waals surface area contributed by atoms with Crippen molar-refractivity contribution in [2.45, 2.75) is 27.2 Å². The zero-order chi connectivity index (χ0) is 8.74. The summed E-state index contributed by atoms with van der Waals surface area (Å²) < 4.78 is 1.28. The molecule has 0 bridgehead atoms. The van der Waals surface area contributed by atoms with Gasteiger partial charge in [-0.15, -0.1) is 0 Å². The van der Waals surface area contributed by atoms with Crippen molar-refractivity contribution >= 4 is 15.9 Å². The Morgan fingerprint density at radius 2 is 1.45 bits per heavy atom. The Labute approximate surface area is 79.5 Å². The zero-order valence-corrected chi connectivity index (χ0v) is 9.65. The van der Waals surface area contributed by atoms with Crippen molar-refractivity contribution in [2.75, 3.05) is 31.5 Å². The number of hydrogen-bond donors (Lipinski definition) is 0. The van der Waals surface area contributed by atoms with Gasteiger partial charge < -0.3 is 4.48 Å². The number of nitrogens with zero attached hydrogens (tertiary/aromatic N) is 1. The molecule has 0 aromatic heterocycles. The molecule has 0 atom stereocenters. The van der Waals surface area contributed by atoms with Crippen LogP contribution >= 0.6 is 15.9 Å². The molecule has 0 spiro atoms. The summed E-state index contributed by atoms with van der Waals surface area (Å²) >= 11 is 3.48. The van der Waals surface area contributed by atoms with E-state index in [2.05, 4.69) is 36.7 Å². The van der Waals surface area contributed by atoms with Gasteiger partial charge in [0.2, 0.25) is 0 Å². The lowest BCUT2D eigenvalue weighted by molar-refractivity contribution is -0.923. The first-order valence-corrected chi connectivity index (χ1v) is 5.77. The normalized spacial score (nSPS) is 12.0. The van der Waals surface area contributed by atoms with Gasteiger partial charge in [-0.2, -0.15) is 0 Å². The molecule has 0 rings (SSSR count). The minimum atomic E-state index is 1.15. The fourth-order valence-corrected chi connectivity index (χ4v) is 1.79. The first-order valence-electron chi connectivity index (χ1n) is 4.65. The van der Waals surface area contributed by atoms with Crippen molar-refractivity contribution in [3.8, 4) is 0 Å². The maximum absolute atomic E-state index is 3.48. The SMILES string of the molecule is CC[N+](CC)(CC)CCCBr. The Hall–Kier alpha value is 0.440. The van der Waals surface area contributed by atoms with Gasteiger partial charge in [0, 0.05) is 11.8 Å². The largest absolute Gasteiger partial charge is 0.324 e. The molecule has 68 valence electrons. The molecule has 0 aliphatic heterocycles. The third kappa shape index (κ3) is 3.57. The highest BCUT2D eigenvalue weighted by Crippen LogP contribution is 2.07. The van der Waals surface area contributed by atoms with E-state index < -0.39 is 0 Å². The summed E-state index contributed by atoms with van der Waals surface area (Å²) in [5, 5.41) is 1.15. The quantitative estimate of drug-likeness (QED) is 0.479. The molecule has 0 heterocycles. The third-order valence-electron chi connectivity index (χ3n) is 2.78. The van der Waals surface area contributed by atoms with E-state index in [0.29, 0.717) is 0 Å². The van der Waals surface area contributed by atoms with Gasteiger partial charge in [0.05, 0.1) is 26.2 Å². The van der Waals surface area contributed by atoms with Gasteiger partial charge in [-0.3, -0.25) is 0 Å². The van der Waals surface area contributed by atoms with Crippen molar-refractivity contribution in [1.29, 1.82) is 0 Å². The third-order valence-corrected chi connectivity index (χ3v) is 3.34. The Kier molecular flexibility index (Phi) is 6.25. The lowest BCUT2D eigenvalue weighted by Crippen LogP contribution is -2.48. The van der Waals surface area contributed by atoms with E-state index >= 15 is 0 Å². The van der Waals surface area contributed by atoms with E-state index in [1.165, 1.54) is 37.1 Å². The van der Waals surface area contributed by atoms with Crippen LogP contribution in [0.15, 0.2) is 0 Å². The first kappa shape index (κ1) is 11.4. The number of quaternary nitrogens is 1. The predicted molar refractivity (Wildman–Crippen MR) is 55.2 cm³/mol. The molecule has 0 aliphatic carbocycles. The molecular formula is C9H21BrN+. The lowest BCUT2D eigenvalue weighted by Gasteiger charge is -2.35. The maximum atomic E-state index is 3.48. The van der Waals surface area contributed by atoms with Crippen LogP contribution in [-0.4, -0.2) is 36.0 Å². The van der Waals surface area contributed by atoms with Crippen LogP contribution in [0.3, 0.4) is 0 Å². The van der Waals surface area contributed by atoms with Crippen molar-refractivity contribution < 1.29 is 4.48 Å². The van der Waals surface area contributed by atoms with E-state index in [1.54, 1.807) is 0 Å². The average Bonchev–Trinajstić information content (AvgIpc) is 2.08. The highest BCUT2D eigenvalue weighted by molar-refractivity contribution is 9.09. The fraction of sp³-hybridized carbons (Fsp3) is 1.00. The van der Waals surface area contributed by atoms with Crippen LogP contribution in [0.1, 0.15) is 27.2 Å². The van der Waals surface area contributed by atoms with Gasteiger partial charge in [0.1, 0.15) is 0 Å². The highest BCUT2D eigenvalue weighted by Gasteiger charge is 2.18. The smallest absolute Gasteiger partial charge is 0.0794 e. The monoisotopic (exact) mass is 222 g/mol. The van der Waals surface area contributed by atoms with Gasteiger partial charge in [0.25, 0.3) is 0 Å². The molecule has 0 fully saturated rings. The lowest BCUT2D eigenvalue weighted by atomic mass is 10.3. The van der Waals surface area contributed by atoms with Crippen LogP contribution in [0.5, 0.6) is 0 Å². The minimum absolute atomic E-state index is 1.15. The van der Waals surface area contributed by atoms with Crippen LogP contribution in [0, 0.1) is 0 Å². The van der Waals surface area contributed by atoms with Crippen molar-refractivity contribution in [1.82, 2.24) is 0 Å². The molecule has 0 saturated carbocycles. The molecule has 0 amide bonds. The molecule has 0 radical (unpaired) electrons. The molecule has 0 saturated heterocycles. The maximum Gasteiger partial charge on any atom is 0.0794 e. The average molecular weight is 223 g/mol. The predicted octanol–water partition coefficient (Wildman–Crippen LogP) is 2.65. The van der Waals surface area contributed by atoms with Gasteiger partial charge >= 0.3 is 0 Å². The Morgan fingerprint density at radius 3 is 1.73 bits per heavy atom. The topological polar surface area (TPSA) is 0 Å². The molecular weight excluding hydrogens is 202 g/mol. The number of rotatable bonds is 6. The highest BCUT2D eigenvalue weighted by atomic mass is 79.9. The van der Waals surface area contributed by atoms with Gasteiger partial charge in [-0.05, 0) is 20.8 Å². The second-order valence-corrected chi connectivity index (χ2v) is 3.85. The zero-order valence-electron chi connectivity index (χ0n) is 8.07. The van der Waals surface area contributed by atoms with E-state index in [0.717, 1.165) is 5.33 Å². The summed E-state index contributed by atoms with van der Waals surface area (Å²) in [6.07, 6.45) is 1.30. The summed E-state index contributed by atoms with van der Waals surface area (Å²) in [4.78, 5) is 0. The van der Waals surface area contributed by atoms with Crippen molar-refractivity contribution in [2.24, 2.45) is 0 Å². The number of halogens is 1. The van der Waals surface area contributed by atoms with E-state index in [4.69, 9.17) is 0 Å². The summed E-state index contributed by atoms with van der Waals surface area (Å²) in [5.41, 5.74) is 0. The van der Waals surface area contributed by atoms with Gasteiger partial charge in [-0.25, -0.2) is 0 Å². The van der Waals surface area contributed by atoms with Crippen LogP contribution in [0.25, 0.3) is 0 Å². The van der Waals surface area contributed by atoms with E-state index in [9.17, 15) is 0 Å². The molecule has 1 nitrogen and oxygen atoms in total. The molecule has 2 heteroatoms.